The van der Waals surface area contributed by atoms with Crippen LogP contribution < -0.4 is 10.1 Å². The molecule has 0 aromatic heterocycles. The molecule has 0 aliphatic carbocycles. The van der Waals surface area contributed by atoms with Crippen molar-refractivity contribution in [2.24, 2.45) is 5.92 Å². The number of carbonyl (C=O) groups is 1. The van der Waals surface area contributed by atoms with Crippen molar-refractivity contribution in [3.8, 4) is 5.75 Å². The molecular formula is C25H34FN3O2. The van der Waals surface area contributed by atoms with Crippen LogP contribution in [0.25, 0.3) is 0 Å². The molecule has 31 heavy (non-hydrogen) atoms. The quantitative estimate of drug-likeness (QED) is 0.656. The lowest BCUT2D eigenvalue weighted by molar-refractivity contribution is 0.127. The molecule has 1 aliphatic rings. The number of nitrogens with zero attached hydrogens (tertiary/aromatic N) is 2. The summed E-state index contributed by atoms with van der Waals surface area (Å²) in [6.07, 6.45) is -0.301. The van der Waals surface area contributed by atoms with Gasteiger partial charge in [-0.05, 0) is 74.2 Å². The third-order valence-electron chi connectivity index (χ3n) is 4.71. The van der Waals surface area contributed by atoms with Crippen LogP contribution in [-0.2, 0) is 13.1 Å². The summed E-state index contributed by atoms with van der Waals surface area (Å²) in [6, 6.07) is 6.28. The van der Waals surface area contributed by atoms with E-state index in [0.29, 0.717) is 5.56 Å². The number of ether oxygens (including phenoxy) is 1. The first-order chi connectivity index (χ1) is 17.9. The molecule has 3 rings (SSSR count). The normalized spacial score (nSPS) is 22.6. The Hall–Kier alpha value is -2.60. The van der Waals surface area contributed by atoms with E-state index in [1.807, 2.05) is 0 Å². The van der Waals surface area contributed by atoms with Gasteiger partial charge in [-0.2, -0.15) is 0 Å². The number of hydrogen-bond acceptors (Lipinski definition) is 3. The fourth-order valence-corrected chi connectivity index (χ4v) is 3.00. The van der Waals surface area contributed by atoms with Crippen LogP contribution in [0.5, 0.6) is 5.75 Å². The van der Waals surface area contributed by atoms with Gasteiger partial charge in [-0.3, -0.25) is 0 Å². The van der Waals surface area contributed by atoms with Crippen LogP contribution in [0.3, 0.4) is 0 Å². The molecule has 6 heteroatoms. The molecule has 0 saturated carbocycles. The van der Waals surface area contributed by atoms with E-state index in [9.17, 15) is 9.18 Å². The molecular weight excluding hydrogens is 393 g/mol. The predicted octanol–water partition coefficient (Wildman–Crippen LogP) is 4.67. The standard InChI is InChI=1S/C25H34FN3O2/c1-19(2)18-31-24-10-6-20(7-11-24)16-27-25(30)29(23-12-14-28(3)15-13-23)17-21-4-8-22(26)9-5-21/h4-11,19,23H,12-18H2,1-3H3,(H,27,30)/i6D,10D,14D2,15D2,18D2. The SMILES string of the molecule is [2H]c1c(CNC(=O)N(Cc2ccc(F)cc2)C2CC([2H])([2H])N(C)C([2H])([2H])C2)ccc(OC([2H])([2H])C(C)C)c1[2H]. The van der Waals surface area contributed by atoms with Gasteiger partial charge in [0.2, 0.25) is 0 Å². The van der Waals surface area contributed by atoms with Gasteiger partial charge in [0.05, 0.1) is 12.0 Å². The van der Waals surface area contributed by atoms with Gasteiger partial charge in [-0.25, -0.2) is 9.18 Å². The highest BCUT2D eigenvalue weighted by Crippen LogP contribution is 2.19. The summed E-state index contributed by atoms with van der Waals surface area (Å²) in [5.41, 5.74) is 0.851. The van der Waals surface area contributed by atoms with Crippen molar-refractivity contribution >= 4 is 6.03 Å². The van der Waals surface area contributed by atoms with E-state index in [1.165, 1.54) is 48.3 Å². The Morgan fingerprint density at radius 1 is 1.26 bits per heavy atom. The van der Waals surface area contributed by atoms with Crippen LogP contribution in [0, 0.1) is 11.7 Å². The fourth-order valence-electron chi connectivity index (χ4n) is 3.00. The number of amides is 2. The number of likely N-dealkylation sites (tertiary alicyclic amines) is 1. The minimum atomic E-state index is -2.04. The summed E-state index contributed by atoms with van der Waals surface area (Å²) in [6.45, 7) is -3.02. The van der Waals surface area contributed by atoms with Crippen LogP contribution in [0.4, 0.5) is 9.18 Å². The second-order valence-corrected chi connectivity index (χ2v) is 7.70. The lowest BCUT2D eigenvalue weighted by Crippen LogP contribution is -2.49. The molecule has 0 atom stereocenters. The van der Waals surface area contributed by atoms with Gasteiger partial charge in [-0.15, -0.1) is 0 Å². The maximum absolute atomic E-state index is 13.5. The molecule has 1 saturated heterocycles. The Labute approximate surface area is 196 Å². The average molecular weight is 436 g/mol. The predicted molar refractivity (Wildman–Crippen MR) is 121 cm³/mol. The molecule has 0 bridgehead atoms. The molecule has 5 nitrogen and oxygen atoms in total. The minimum absolute atomic E-state index is 0.0266. The van der Waals surface area contributed by atoms with Crippen molar-refractivity contribution in [1.29, 1.82) is 0 Å². The van der Waals surface area contributed by atoms with E-state index >= 15 is 0 Å². The summed E-state index contributed by atoms with van der Waals surface area (Å²) in [5.74, 6) is -1.04. The van der Waals surface area contributed by atoms with Crippen molar-refractivity contribution in [1.82, 2.24) is 15.1 Å². The Bertz CT molecular complexity index is 1160. The van der Waals surface area contributed by atoms with Gasteiger partial charge in [0.15, 0.2) is 0 Å². The number of carbonyl (C=O) groups excluding carboxylic acids is 1. The molecule has 168 valence electrons. The molecule has 2 amide bonds. The van der Waals surface area contributed by atoms with Gasteiger partial charge in [0.1, 0.15) is 11.6 Å². The first-order valence-electron chi connectivity index (χ1n) is 14.3. The number of nitrogens with one attached hydrogen (secondary N) is 1. The third-order valence-corrected chi connectivity index (χ3v) is 4.71. The van der Waals surface area contributed by atoms with Crippen LogP contribution in [0.2, 0.25) is 0 Å². The zero-order chi connectivity index (χ0) is 29.3. The van der Waals surface area contributed by atoms with E-state index in [2.05, 4.69) is 5.32 Å². The highest BCUT2D eigenvalue weighted by molar-refractivity contribution is 5.74. The minimum Gasteiger partial charge on any atom is -0.493 e. The summed E-state index contributed by atoms with van der Waals surface area (Å²) >= 11 is 0. The second kappa shape index (κ2) is 11.1. The number of hydrogen-bond donors (Lipinski definition) is 1. The molecule has 0 unspecified atom stereocenters. The van der Waals surface area contributed by atoms with Gasteiger partial charge < -0.3 is 19.9 Å². The molecule has 0 spiro atoms. The van der Waals surface area contributed by atoms with Gasteiger partial charge >= 0.3 is 6.03 Å². The molecule has 1 heterocycles. The lowest BCUT2D eigenvalue weighted by Gasteiger charge is -2.37. The molecule has 1 fully saturated rings. The smallest absolute Gasteiger partial charge is 0.318 e. The molecule has 1 aliphatic heterocycles. The van der Waals surface area contributed by atoms with Crippen LogP contribution in [-0.4, -0.2) is 48.5 Å². The number of benzene rings is 2. The van der Waals surface area contributed by atoms with E-state index in [0.717, 1.165) is 4.90 Å². The van der Waals surface area contributed by atoms with E-state index in [-0.39, 0.29) is 49.3 Å². The molecule has 2 aromatic carbocycles. The lowest BCUT2D eigenvalue weighted by atomic mass is 10.0. The number of rotatable bonds is 8. The maximum Gasteiger partial charge on any atom is 0.318 e. The van der Waals surface area contributed by atoms with Gasteiger partial charge in [0, 0.05) is 24.6 Å². The zero-order valence-corrected chi connectivity index (χ0v) is 18.0. The first kappa shape index (κ1) is 14.5. The summed E-state index contributed by atoms with van der Waals surface area (Å²) in [4.78, 5) is 15.7. The monoisotopic (exact) mass is 435 g/mol. The van der Waals surface area contributed by atoms with E-state index < -0.39 is 43.4 Å². The van der Waals surface area contributed by atoms with E-state index in [4.69, 9.17) is 15.7 Å². The van der Waals surface area contributed by atoms with Crippen LogP contribution in [0.1, 0.15) is 48.8 Å². The van der Waals surface area contributed by atoms with Crippen molar-refractivity contribution < 1.29 is 24.9 Å². The summed E-state index contributed by atoms with van der Waals surface area (Å²) in [7, 11) is 1.36. The van der Waals surface area contributed by atoms with Crippen molar-refractivity contribution in [3.63, 3.8) is 0 Å². The highest BCUT2D eigenvalue weighted by Gasteiger charge is 2.27. The first-order valence-corrected chi connectivity index (χ1v) is 10.3. The molecule has 0 radical (unpaired) electrons. The highest BCUT2D eigenvalue weighted by atomic mass is 19.1. The zero-order valence-electron chi connectivity index (χ0n) is 26.0. The number of piperidine rings is 1. The third kappa shape index (κ3) is 7.24. The molecule has 2 aromatic rings. The van der Waals surface area contributed by atoms with E-state index in [1.54, 1.807) is 13.8 Å². The largest absolute Gasteiger partial charge is 0.493 e. The topological polar surface area (TPSA) is 44.8 Å². The second-order valence-electron chi connectivity index (χ2n) is 7.70. The Kier molecular flexibility index (Phi) is 5.20. The Morgan fingerprint density at radius 2 is 1.94 bits per heavy atom. The van der Waals surface area contributed by atoms with Gasteiger partial charge in [-0.1, -0.05) is 38.1 Å². The maximum atomic E-state index is 13.5. The average Bonchev–Trinajstić information content (AvgIpc) is 2.83. The van der Waals surface area contributed by atoms with Crippen molar-refractivity contribution in [3.05, 3.63) is 65.4 Å². The Balaban J connectivity index is 1.83. The van der Waals surface area contributed by atoms with Crippen molar-refractivity contribution in [2.45, 2.75) is 45.8 Å². The Morgan fingerprint density at radius 3 is 2.61 bits per heavy atom. The van der Waals surface area contributed by atoms with Crippen molar-refractivity contribution in [2.75, 3.05) is 26.6 Å². The fraction of sp³-hybridized carbons (Fsp3) is 0.480. The number of urea groups is 1. The number of halogens is 1. The summed E-state index contributed by atoms with van der Waals surface area (Å²) < 4.78 is 84.5. The summed E-state index contributed by atoms with van der Waals surface area (Å²) in [5, 5.41) is 2.68. The van der Waals surface area contributed by atoms with Gasteiger partial charge in [0.25, 0.3) is 0 Å². The molecule has 1 N–H and O–H groups in total. The van der Waals surface area contributed by atoms with Crippen LogP contribution >= 0.6 is 0 Å². The van der Waals surface area contributed by atoms with Crippen LogP contribution in [0.15, 0.2) is 48.5 Å².